The van der Waals surface area contributed by atoms with Crippen LogP contribution in [0.1, 0.15) is 26.2 Å². The summed E-state index contributed by atoms with van der Waals surface area (Å²) in [6.07, 6.45) is 3.53. The third-order valence-corrected chi connectivity index (χ3v) is 3.57. The molecule has 2 aromatic rings. The lowest BCUT2D eigenvalue weighted by Gasteiger charge is -2.08. The number of benzene rings is 1. The molecule has 21 heavy (non-hydrogen) atoms. The first kappa shape index (κ1) is 15.2. The third kappa shape index (κ3) is 3.90. The first-order chi connectivity index (χ1) is 10.1. The molecule has 0 N–H and O–H groups in total. The second-order valence-corrected chi connectivity index (χ2v) is 5.22. The Balaban J connectivity index is 1.84. The van der Waals surface area contributed by atoms with Gasteiger partial charge in [-0.15, -0.1) is 0 Å². The first-order valence-electron chi connectivity index (χ1n) is 7.11. The molecule has 0 radical (unpaired) electrons. The van der Waals surface area contributed by atoms with Gasteiger partial charge in [-0.2, -0.15) is 0 Å². The molecule has 1 atom stereocenters. The number of aromatic nitrogens is 2. The quantitative estimate of drug-likeness (QED) is 0.735. The fourth-order valence-corrected chi connectivity index (χ4v) is 2.33. The number of ether oxygens (including phenoxy) is 1. The van der Waals surface area contributed by atoms with Crippen LogP contribution in [-0.2, 0) is 20.9 Å². The first-order valence-corrected chi connectivity index (χ1v) is 7.11. The molecular weight excluding hydrogens is 268 g/mol. The van der Waals surface area contributed by atoms with Crippen LogP contribution in [-0.4, -0.2) is 28.4 Å². The number of ketones is 1. The molecule has 0 aliphatic carbocycles. The van der Waals surface area contributed by atoms with E-state index in [2.05, 4.69) is 9.72 Å². The van der Waals surface area contributed by atoms with Crippen LogP contribution >= 0.6 is 0 Å². The maximum Gasteiger partial charge on any atom is 0.308 e. The molecule has 5 nitrogen and oxygen atoms in total. The van der Waals surface area contributed by atoms with Crippen molar-refractivity contribution in [1.29, 1.82) is 0 Å². The van der Waals surface area contributed by atoms with Gasteiger partial charge in [-0.3, -0.25) is 9.59 Å². The number of hydrogen-bond donors (Lipinski definition) is 0. The van der Waals surface area contributed by atoms with Gasteiger partial charge >= 0.3 is 5.97 Å². The van der Waals surface area contributed by atoms with Gasteiger partial charge in [0.2, 0.25) is 0 Å². The molecule has 112 valence electrons. The third-order valence-electron chi connectivity index (χ3n) is 3.57. The minimum Gasteiger partial charge on any atom is -0.469 e. The Kier molecular flexibility index (Phi) is 5.09. The van der Waals surface area contributed by atoms with Gasteiger partial charge in [0.15, 0.2) is 5.78 Å². The molecule has 0 spiro atoms. The molecule has 0 bridgehead atoms. The van der Waals surface area contributed by atoms with E-state index in [0.717, 1.165) is 11.0 Å². The molecule has 0 saturated carbocycles. The van der Waals surface area contributed by atoms with Gasteiger partial charge in [-0.1, -0.05) is 19.1 Å². The van der Waals surface area contributed by atoms with Crippen molar-refractivity contribution in [3.8, 4) is 0 Å². The normalized spacial score (nSPS) is 12.3. The number of esters is 1. The molecule has 1 unspecified atom stereocenters. The number of nitrogens with zero attached hydrogens (tertiary/aromatic N) is 2. The highest BCUT2D eigenvalue weighted by Crippen LogP contribution is 2.13. The highest BCUT2D eigenvalue weighted by molar-refractivity contribution is 5.81. The zero-order valence-corrected chi connectivity index (χ0v) is 12.4. The Bertz CT molecular complexity index is 633. The van der Waals surface area contributed by atoms with Gasteiger partial charge in [0.05, 0.1) is 36.9 Å². The minimum atomic E-state index is -0.219. The molecule has 0 aliphatic heterocycles. The molecule has 1 heterocycles. The van der Waals surface area contributed by atoms with Crippen molar-refractivity contribution in [3.63, 3.8) is 0 Å². The lowest BCUT2D eigenvalue weighted by atomic mass is 10.0. The molecule has 0 amide bonds. The van der Waals surface area contributed by atoms with Crippen LogP contribution in [0.3, 0.4) is 0 Å². The molecular formula is C16H20N2O3. The summed E-state index contributed by atoms with van der Waals surface area (Å²) in [5.41, 5.74) is 1.86. The van der Waals surface area contributed by atoms with E-state index in [-0.39, 0.29) is 17.7 Å². The molecule has 2 rings (SSSR count). The van der Waals surface area contributed by atoms with Gasteiger partial charge in [-0.05, 0) is 25.0 Å². The van der Waals surface area contributed by atoms with Crippen LogP contribution in [0.4, 0.5) is 0 Å². The smallest absolute Gasteiger partial charge is 0.308 e. The van der Waals surface area contributed by atoms with Gasteiger partial charge in [-0.25, -0.2) is 4.98 Å². The Labute approximate surface area is 123 Å². The fourth-order valence-electron chi connectivity index (χ4n) is 2.33. The molecule has 0 fully saturated rings. The number of hydrogen-bond acceptors (Lipinski definition) is 4. The number of fused-ring (bicyclic) bond motifs is 1. The SMILES string of the molecule is COC(=O)C(C)CCCC(=O)Cn1cnc2ccccc21. The zero-order valence-electron chi connectivity index (χ0n) is 12.4. The second kappa shape index (κ2) is 7.02. The summed E-state index contributed by atoms with van der Waals surface area (Å²) in [7, 11) is 1.38. The second-order valence-electron chi connectivity index (χ2n) is 5.22. The van der Waals surface area contributed by atoms with Crippen molar-refractivity contribution in [2.45, 2.75) is 32.7 Å². The van der Waals surface area contributed by atoms with E-state index >= 15 is 0 Å². The summed E-state index contributed by atoms with van der Waals surface area (Å²) in [4.78, 5) is 27.5. The van der Waals surface area contributed by atoms with Gasteiger partial charge in [0.25, 0.3) is 0 Å². The van der Waals surface area contributed by atoms with Gasteiger partial charge in [0.1, 0.15) is 0 Å². The van der Waals surface area contributed by atoms with Crippen LogP contribution in [0.5, 0.6) is 0 Å². The van der Waals surface area contributed by atoms with E-state index in [0.29, 0.717) is 25.8 Å². The number of imidazole rings is 1. The predicted molar refractivity (Wildman–Crippen MR) is 79.8 cm³/mol. The molecule has 1 aromatic carbocycles. The van der Waals surface area contributed by atoms with Crippen molar-refractivity contribution in [1.82, 2.24) is 9.55 Å². The summed E-state index contributed by atoms with van der Waals surface area (Å²) >= 11 is 0. The van der Waals surface area contributed by atoms with Crippen molar-refractivity contribution in [2.24, 2.45) is 5.92 Å². The summed E-state index contributed by atoms with van der Waals surface area (Å²) in [6.45, 7) is 2.15. The highest BCUT2D eigenvalue weighted by Gasteiger charge is 2.13. The number of Topliss-reactive ketones (excluding diaryl/α,β-unsaturated/α-hetero) is 1. The highest BCUT2D eigenvalue weighted by atomic mass is 16.5. The van der Waals surface area contributed by atoms with Crippen molar-refractivity contribution in [2.75, 3.05) is 7.11 Å². The fraction of sp³-hybridized carbons (Fsp3) is 0.438. The topological polar surface area (TPSA) is 61.2 Å². The summed E-state index contributed by atoms with van der Waals surface area (Å²) < 4.78 is 6.53. The average Bonchev–Trinajstić information content (AvgIpc) is 2.89. The van der Waals surface area contributed by atoms with E-state index in [1.54, 1.807) is 6.33 Å². The van der Waals surface area contributed by atoms with E-state index in [1.165, 1.54) is 7.11 Å². The van der Waals surface area contributed by atoms with Gasteiger partial charge in [0, 0.05) is 6.42 Å². The largest absolute Gasteiger partial charge is 0.469 e. The Morgan fingerprint density at radius 2 is 2.10 bits per heavy atom. The van der Waals surface area contributed by atoms with Crippen LogP contribution in [0.25, 0.3) is 11.0 Å². The maximum absolute atomic E-state index is 12.0. The van der Waals surface area contributed by atoms with Crippen molar-refractivity contribution < 1.29 is 14.3 Å². The van der Waals surface area contributed by atoms with E-state index in [1.807, 2.05) is 35.8 Å². The Hall–Kier alpha value is -2.17. The summed E-state index contributed by atoms with van der Waals surface area (Å²) in [5, 5.41) is 0. The number of rotatable bonds is 7. The molecule has 1 aromatic heterocycles. The van der Waals surface area contributed by atoms with E-state index < -0.39 is 0 Å². The average molecular weight is 288 g/mol. The number of carbonyl (C=O) groups is 2. The maximum atomic E-state index is 12.0. The number of para-hydroxylation sites is 2. The van der Waals surface area contributed by atoms with Gasteiger partial charge < -0.3 is 9.30 Å². The molecule has 0 saturated heterocycles. The standard InChI is InChI=1S/C16H20N2O3/c1-12(16(20)21-2)6-5-7-13(19)10-18-11-17-14-8-3-4-9-15(14)18/h3-4,8-9,11-12H,5-7,10H2,1-2H3. The molecule has 5 heteroatoms. The lowest BCUT2D eigenvalue weighted by Crippen LogP contribution is -2.14. The zero-order chi connectivity index (χ0) is 15.2. The van der Waals surface area contributed by atoms with Crippen molar-refractivity contribution >= 4 is 22.8 Å². The summed E-state index contributed by atoms with van der Waals surface area (Å²) in [6, 6.07) is 7.74. The van der Waals surface area contributed by atoms with Crippen LogP contribution < -0.4 is 0 Å². The van der Waals surface area contributed by atoms with E-state index in [4.69, 9.17) is 0 Å². The predicted octanol–water partition coefficient (Wildman–Crippen LogP) is 2.58. The number of methoxy groups -OCH3 is 1. The van der Waals surface area contributed by atoms with Crippen molar-refractivity contribution in [3.05, 3.63) is 30.6 Å². The number of carbonyl (C=O) groups excluding carboxylic acids is 2. The summed E-state index contributed by atoms with van der Waals surface area (Å²) in [5.74, 6) is -0.227. The lowest BCUT2D eigenvalue weighted by molar-refractivity contribution is -0.145. The van der Waals surface area contributed by atoms with Crippen LogP contribution in [0.15, 0.2) is 30.6 Å². The van der Waals surface area contributed by atoms with E-state index in [9.17, 15) is 9.59 Å². The molecule has 0 aliphatic rings. The van der Waals surface area contributed by atoms with Crippen LogP contribution in [0, 0.1) is 5.92 Å². The monoisotopic (exact) mass is 288 g/mol. The Morgan fingerprint density at radius 3 is 2.86 bits per heavy atom. The Morgan fingerprint density at radius 1 is 1.33 bits per heavy atom. The van der Waals surface area contributed by atoms with Crippen LogP contribution in [0.2, 0.25) is 0 Å². The minimum absolute atomic E-state index is 0.148.